The number of ether oxygens (including phenoxy) is 1. The van der Waals surface area contributed by atoms with E-state index in [9.17, 15) is 9.18 Å². The van der Waals surface area contributed by atoms with Gasteiger partial charge in [-0.15, -0.1) is 0 Å². The highest BCUT2D eigenvalue weighted by Crippen LogP contribution is 2.28. The van der Waals surface area contributed by atoms with Crippen LogP contribution in [0.4, 0.5) is 4.39 Å². The van der Waals surface area contributed by atoms with Gasteiger partial charge >= 0.3 is 5.97 Å². The lowest BCUT2D eigenvalue weighted by molar-refractivity contribution is -0.137. The Hall–Kier alpha value is -1.33. The van der Waals surface area contributed by atoms with Gasteiger partial charge in [-0.05, 0) is 67.1 Å². The second-order valence-corrected chi connectivity index (χ2v) is 8.48. The molecule has 158 valence electrons. The van der Waals surface area contributed by atoms with E-state index < -0.39 is 12.1 Å². The number of hydrogen-bond donors (Lipinski definition) is 1. The van der Waals surface area contributed by atoms with Gasteiger partial charge in [0.2, 0.25) is 0 Å². The van der Waals surface area contributed by atoms with Crippen LogP contribution in [-0.2, 0) is 22.6 Å². The van der Waals surface area contributed by atoms with Crippen LogP contribution in [0.2, 0.25) is 0 Å². The van der Waals surface area contributed by atoms with Gasteiger partial charge in [-0.2, -0.15) is 11.8 Å². The van der Waals surface area contributed by atoms with Crippen molar-refractivity contribution in [3.05, 3.63) is 47.5 Å². The summed E-state index contributed by atoms with van der Waals surface area (Å²) in [5, 5.41) is 8.20. The molecule has 0 aromatic heterocycles. The Morgan fingerprint density at radius 1 is 1.36 bits per heavy atom. The third-order valence-corrected chi connectivity index (χ3v) is 5.59. The van der Waals surface area contributed by atoms with Crippen LogP contribution in [0.25, 0.3) is 0 Å². The molecular weight excluding hydrogens is 375 g/mol. The zero-order valence-corrected chi connectivity index (χ0v) is 18.1. The summed E-state index contributed by atoms with van der Waals surface area (Å²) in [4.78, 5) is 9.95. The van der Waals surface area contributed by atoms with Crippen LogP contribution in [0.1, 0.15) is 56.6 Å². The van der Waals surface area contributed by atoms with Crippen molar-refractivity contribution in [3.8, 4) is 0 Å². The van der Waals surface area contributed by atoms with E-state index in [1.54, 1.807) is 18.9 Å². The molecule has 3 nitrogen and oxygen atoms in total. The number of benzene rings is 1. The van der Waals surface area contributed by atoms with Gasteiger partial charge in [-0.3, -0.25) is 4.79 Å². The van der Waals surface area contributed by atoms with Gasteiger partial charge in [0.05, 0.1) is 6.61 Å². The molecule has 0 aliphatic heterocycles. The Balaban J connectivity index is 0.000000370. The molecule has 1 saturated carbocycles. The fraction of sp³-hybridized carbons (Fsp3) is 0.609. The number of carboxylic acid groups (broad SMARTS) is 1. The summed E-state index contributed by atoms with van der Waals surface area (Å²) in [6, 6.07) is 8.52. The molecule has 0 radical (unpaired) electrons. The molecule has 1 aliphatic rings. The lowest BCUT2D eigenvalue weighted by atomic mass is 10.0. The molecule has 2 atom stereocenters. The van der Waals surface area contributed by atoms with E-state index in [-0.39, 0.29) is 0 Å². The van der Waals surface area contributed by atoms with Crippen molar-refractivity contribution in [2.75, 3.05) is 18.6 Å². The van der Waals surface area contributed by atoms with Crippen molar-refractivity contribution in [3.63, 3.8) is 0 Å². The number of carbonyl (C=O) groups is 1. The number of alkyl halides is 1. The van der Waals surface area contributed by atoms with Crippen molar-refractivity contribution in [2.45, 2.75) is 64.6 Å². The summed E-state index contributed by atoms with van der Waals surface area (Å²) in [7, 11) is 1.72. The van der Waals surface area contributed by atoms with Crippen LogP contribution in [0.5, 0.6) is 0 Å². The predicted octanol–water partition coefficient (Wildman–Crippen LogP) is 6.06. The monoisotopic (exact) mass is 410 g/mol. The van der Waals surface area contributed by atoms with Crippen LogP contribution in [0.3, 0.4) is 0 Å². The van der Waals surface area contributed by atoms with E-state index in [1.807, 2.05) is 0 Å². The van der Waals surface area contributed by atoms with Crippen molar-refractivity contribution in [2.24, 2.45) is 5.92 Å². The first-order chi connectivity index (χ1) is 13.5. The van der Waals surface area contributed by atoms with Crippen molar-refractivity contribution in [1.29, 1.82) is 0 Å². The molecule has 1 aromatic rings. The molecule has 0 saturated heterocycles. The highest BCUT2D eigenvalue weighted by Gasteiger charge is 2.21. The minimum Gasteiger partial charge on any atom is -0.481 e. The molecular formula is C23H35FO3S. The quantitative estimate of drug-likeness (QED) is 0.355. The number of hydrogen-bond acceptors (Lipinski definition) is 3. The maximum Gasteiger partial charge on any atom is 0.303 e. The molecule has 0 heterocycles. The lowest BCUT2D eigenvalue weighted by Crippen LogP contribution is -1.94. The number of rotatable bonds is 11. The van der Waals surface area contributed by atoms with Gasteiger partial charge in [0.25, 0.3) is 0 Å². The van der Waals surface area contributed by atoms with E-state index in [2.05, 4.69) is 43.3 Å². The van der Waals surface area contributed by atoms with E-state index in [0.717, 1.165) is 50.0 Å². The van der Waals surface area contributed by atoms with Crippen LogP contribution < -0.4 is 0 Å². The summed E-state index contributed by atoms with van der Waals surface area (Å²) in [6.07, 6.45) is 9.52. The van der Waals surface area contributed by atoms with E-state index >= 15 is 0 Å². The molecule has 1 unspecified atom stereocenters. The molecule has 5 heteroatoms. The molecule has 28 heavy (non-hydrogen) atoms. The summed E-state index contributed by atoms with van der Waals surface area (Å²) >= 11 is 1.79. The summed E-state index contributed by atoms with van der Waals surface area (Å²) in [6.45, 7) is 2.75. The normalized spacial score (nSPS) is 18.8. The Labute approximate surface area is 173 Å². The maximum atomic E-state index is 13.0. The molecule has 0 amide bonds. The molecule has 1 aliphatic carbocycles. The molecule has 0 bridgehead atoms. The smallest absolute Gasteiger partial charge is 0.303 e. The second-order valence-electron chi connectivity index (χ2n) is 7.08. The van der Waals surface area contributed by atoms with Crippen LogP contribution in [0.15, 0.2) is 36.4 Å². The van der Waals surface area contributed by atoms with Gasteiger partial charge < -0.3 is 9.84 Å². The SMILES string of the molecule is CCSCCCC(=O)O.COCc1cccc(CC/C=C/[C@H]2CCC(F)C2)c1. The van der Waals surface area contributed by atoms with Gasteiger partial charge in [0.1, 0.15) is 6.17 Å². The minimum atomic E-state index is -0.688. The van der Waals surface area contributed by atoms with E-state index in [0.29, 0.717) is 18.9 Å². The average molecular weight is 411 g/mol. The second kappa shape index (κ2) is 15.6. The van der Waals surface area contributed by atoms with Gasteiger partial charge in [-0.25, -0.2) is 4.39 Å². The first-order valence-electron chi connectivity index (χ1n) is 10.2. The highest BCUT2D eigenvalue weighted by molar-refractivity contribution is 7.99. The Morgan fingerprint density at radius 3 is 2.79 bits per heavy atom. The van der Waals surface area contributed by atoms with E-state index in [4.69, 9.17) is 9.84 Å². The van der Waals surface area contributed by atoms with E-state index in [1.165, 1.54) is 11.1 Å². The third-order valence-electron chi connectivity index (χ3n) is 4.60. The predicted molar refractivity (Wildman–Crippen MR) is 117 cm³/mol. The largest absolute Gasteiger partial charge is 0.481 e. The minimum absolute atomic E-state index is 0.312. The summed E-state index contributed by atoms with van der Waals surface area (Å²) < 4.78 is 18.2. The third kappa shape index (κ3) is 12.2. The van der Waals surface area contributed by atoms with Gasteiger partial charge in [-0.1, -0.05) is 43.3 Å². The number of aliphatic carboxylic acids is 1. The number of allylic oxidation sites excluding steroid dienone is 2. The van der Waals surface area contributed by atoms with Gasteiger partial charge in [0, 0.05) is 13.5 Å². The van der Waals surface area contributed by atoms with Crippen LogP contribution >= 0.6 is 11.8 Å². The van der Waals surface area contributed by atoms with Crippen LogP contribution in [-0.4, -0.2) is 35.9 Å². The Morgan fingerprint density at radius 2 is 2.14 bits per heavy atom. The molecule has 1 fully saturated rings. The summed E-state index contributed by atoms with van der Waals surface area (Å²) in [5.41, 5.74) is 2.56. The maximum absolute atomic E-state index is 13.0. The standard InChI is InChI=1S/C17H23FO.C6H12O2S/c1-19-13-16-8-4-7-14(11-16)5-2-3-6-15-9-10-17(18)12-15;1-2-9-5-3-4-6(7)8/h3-4,6-8,11,15,17H,2,5,9-10,12-13H2,1H3;2-5H2,1H3,(H,7,8)/b6-3+;/t15-,17?;/m0./s1. The topological polar surface area (TPSA) is 46.5 Å². The van der Waals surface area contributed by atoms with Crippen molar-refractivity contribution < 1.29 is 19.0 Å². The first kappa shape index (κ1) is 24.7. The summed E-state index contributed by atoms with van der Waals surface area (Å²) in [5.74, 6) is 1.84. The molecule has 0 spiro atoms. The average Bonchev–Trinajstić information content (AvgIpc) is 3.09. The zero-order valence-electron chi connectivity index (χ0n) is 17.2. The van der Waals surface area contributed by atoms with Crippen LogP contribution in [0, 0.1) is 5.92 Å². The molecule has 1 aromatic carbocycles. The highest BCUT2D eigenvalue weighted by atomic mass is 32.2. The lowest BCUT2D eigenvalue weighted by Gasteiger charge is -2.04. The van der Waals surface area contributed by atoms with Crippen molar-refractivity contribution >= 4 is 17.7 Å². The number of halogens is 1. The zero-order chi connectivity index (χ0) is 20.6. The molecule has 2 rings (SSSR count). The first-order valence-corrected chi connectivity index (χ1v) is 11.4. The fourth-order valence-corrected chi connectivity index (χ4v) is 3.82. The Bertz CT molecular complexity index is 577. The number of methoxy groups -OCH3 is 1. The number of carboxylic acids is 1. The Kier molecular flexibility index (Phi) is 13.7. The number of thioether (sulfide) groups is 1. The molecule has 1 N–H and O–H groups in total. The van der Waals surface area contributed by atoms with Gasteiger partial charge in [0.15, 0.2) is 0 Å². The van der Waals surface area contributed by atoms with Crippen molar-refractivity contribution in [1.82, 2.24) is 0 Å². The number of aryl methyl sites for hydroxylation is 1. The fourth-order valence-electron chi connectivity index (χ4n) is 3.18.